The summed E-state index contributed by atoms with van der Waals surface area (Å²) < 4.78 is 5.20. The summed E-state index contributed by atoms with van der Waals surface area (Å²) in [7, 11) is 0. The Kier molecular flexibility index (Phi) is 3.42. The molecule has 0 amide bonds. The number of pyridine rings is 1. The van der Waals surface area contributed by atoms with Crippen molar-refractivity contribution in [2.24, 2.45) is 0 Å². The van der Waals surface area contributed by atoms with E-state index in [0.717, 1.165) is 10.9 Å². The number of ether oxygens (including phenoxy) is 1. The lowest BCUT2D eigenvalue weighted by molar-refractivity contribution is -0.150. The third-order valence-electron chi connectivity index (χ3n) is 3.49. The summed E-state index contributed by atoms with van der Waals surface area (Å²) in [5, 5.41) is 19.1. The molecule has 2 heterocycles. The Morgan fingerprint density at radius 2 is 2.29 bits per heavy atom. The maximum atomic E-state index is 11.0. The molecular formula is C15H13N3O3. The van der Waals surface area contributed by atoms with E-state index in [1.54, 1.807) is 6.07 Å². The number of nitriles is 1. The van der Waals surface area contributed by atoms with E-state index in [9.17, 15) is 10.1 Å². The molecule has 1 aromatic heterocycles. The number of aliphatic carboxylic acids is 1. The van der Waals surface area contributed by atoms with E-state index in [4.69, 9.17) is 9.84 Å². The van der Waals surface area contributed by atoms with Gasteiger partial charge in [-0.3, -0.25) is 0 Å². The molecule has 0 saturated carbocycles. The molecule has 0 spiro atoms. The summed E-state index contributed by atoms with van der Waals surface area (Å²) in [6.07, 6.45) is -0.863. The number of benzene rings is 1. The first-order valence-corrected chi connectivity index (χ1v) is 6.58. The van der Waals surface area contributed by atoms with Crippen LogP contribution in [0.1, 0.15) is 5.56 Å². The number of hydrogen-bond acceptors (Lipinski definition) is 5. The van der Waals surface area contributed by atoms with E-state index >= 15 is 0 Å². The maximum Gasteiger partial charge on any atom is 0.334 e. The second-order valence-corrected chi connectivity index (χ2v) is 4.80. The smallest absolute Gasteiger partial charge is 0.334 e. The fraction of sp³-hybridized carbons (Fsp3) is 0.267. The SMILES string of the molecule is N#Cc1cc(N2CCOC(C(=O)O)C2)nc2ccccc12. The van der Waals surface area contributed by atoms with E-state index in [1.807, 2.05) is 29.2 Å². The number of carboxylic acid groups (broad SMARTS) is 1. The Bertz CT molecular complexity index is 739. The van der Waals surface area contributed by atoms with Crippen LogP contribution in [0, 0.1) is 11.3 Å². The molecule has 1 aromatic carbocycles. The van der Waals surface area contributed by atoms with Crippen LogP contribution in [0.15, 0.2) is 30.3 Å². The van der Waals surface area contributed by atoms with Gasteiger partial charge in [0.15, 0.2) is 6.10 Å². The molecule has 1 aliphatic heterocycles. The quantitative estimate of drug-likeness (QED) is 0.896. The fourth-order valence-electron chi connectivity index (χ4n) is 2.42. The number of nitrogens with zero attached hydrogens (tertiary/aromatic N) is 3. The van der Waals surface area contributed by atoms with Crippen molar-refractivity contribution in [3.05, 3.63) is 35.9 Å². The first-order valence-electron chi connectivity index (χ1n) is 6.58. The van der Waals surface area contributed by atoms with Crippen LogP contribution in [0.2, 0.25) is 0 Å². The highest BCUT2D eigenvalue weighted by molar-refractivity contribution is 5.86. The number of carbonyl (C=O) groups is 1. The van der Waals surface area contributed by atoms with Gasteiger partial charge < -0.3 is 14.7 Å². The van der Waals surface area contributed by atoms with Crippen molar-refractivity contribution >= 4 is 22.7 Å². The zero-order valence-corrected chi connectivity index (χ0v) is 11.2. The van der Waals surface area contributed by atoms with Gasteiger partial charge in [-0.05, 0) is 12.1 Å². The summed E-state index contributed by atoms with van der Waals surface area (Å²) in [5.74, 6) is -0.374. The van der Waals surface area contributed by atoms with Gasteiger partial charge in [0, 0.05) is 11.9 Å². The molecule has 1 aliphatic rings. The number of hydrogen-bond donors (Lipinski definition) is 1. The normalized spacial score (nSPS) is 18.4. The molecule has 1 saturated heterocycles. The minimum Gasteiger partial charge on any atom is -0.479 e. The predicted octanol–water partition coefficient (Wildman–Crippen LogP) is 1.40. The number of para-hydroxylation sites is 1. The summed E-state index contributed by atoms with van der Waals surface area (Å²) >= 11 is 0. The Hall–Kier alpha value is -2.65. The molecule has 1 N–H and O–H groups in total. The van der Waals surface area contributed by atoms with E-state index in [-0.39, 0.29) is 6.54 Å². The number of fused-ring (bicyclic) bond motifs is 1. The Balaban J connectivity index is 2.01. The van der Waals surface area contributed by atoms with E-state index in [2.05, 4.69) is 11.1 Å². The van der Waals surface area contributed by atoms with Crippen LogP contribution < -0.4 is 4.90 Å². The maximum absolute atomic E-state index is 11.0. The van der Waals surface area contributed by atoms with Crippen LogP contribution in [0.5, 0.6) is 0 Å². The number of carboxylic acids is 1. The molecular weight excluding hydrogens is 270 g/mol. The van der Waals surface area contributed by atoms with Crippen LogP contribution in [0.3, 0.4) is 0 Å². The summed E-state index contributed by atoms with van der Waals surface area (Å²) in [4.78, 5) is 17.4. The van der Waals surface area contributed by atoms with Crippen molar-refractivity contribution < 1.29 is 14.6 Å². The predicted molar refractivity (Wildman–Crippen MR) is 76.0 cm³/mol. The van der Waals surface area contributed by atoms with Gasteiger partial charge in [-0.25, -0.2) is 9.78 Å². The van der Waals surface area contributed by atoms with Crippen LogP contribution in [0.4, 0.5) is 5.82 Å². The van der Waals surface area contributed by atoms with Gasteiger partial charge in [-0.2, -0.15) is 5.26 Å². The van der Waals surface area contributed by atoms with Crippen LogP contribution in [-0.4, -0.2) is 41.9 Å². The highest BCUT2D eigenvalue weighted by Gasteiger charge is 2.27. The Morgan fingerprint density at radius 1 is 1.48 bits per heavy atom. The minimum atomic E-state index is -0.985. The molecule has 1 fully saturated rings. The van der Waals surface area contributed by atoms with Crippen molar-refractivity contribution in [2.75, 3.05) is 24.6 Å². The average molecular weight is 283 g/mol. The van der Waals surface area contributed by atoms with Crippen LogP contribution in [0.25, 0.3) is 10.9 Å². The lowest BCUT2D eigenvalue weighted by Gasteiger charge is -2.31. The van der Waals surface area contributed by atoms with Gasteiger partial charge in [0.05, 0.1) is 30.3 Å². The third-order valence-corrected chi connectivity index (χ3v) is 3.49. The van der Waals surface area contributed by atoms with Crippen molar-refractivity contribution in [2.45, 2.75) is 6.10 Å². The summed E-state index contributed by atoms with van der Waals surface area (Å²) in [6.45, 7) is 1.11. The highest BCUT2D eigenvalue weighted by atomic mass is 16.5. The lowest BCUT2D eigenvalue weighted by Crippen LogP contribution is -2.46. The fourth-order valence-corrected chi connectivity index (χ4v) is 2.42. The standard InChI is InChI=1S/C15H13N3O3/c16-8-10-7-14(17-12-4-2-1-3-11(10)12)18-5-6-21-13(9-18)15(19)20/h1-4,7,13H,5-6,9H2,(H,19,20). The molecule has 3 rings (SSSR count). The molecule has 0 radical (unpaired) electrons. The number of anilines is 1. The van der Waals surface area contributed by atoms with Crippen molar-refractivity contribution in [1.29, 1.82) is 5.26 Å². The Labute approximate surface area is 121 Å². The van der Waals surface area contributed by atoms with Crippen molar-refractivity contribution in [3.8, 4) is 6.07 Å². The minimum absolute atomic E-state index is 0.228. The number of morpholine rings is 1. The molecule has 21 heavy (non-hydrogen) atoms. The zero-order valence-electron chi connectivity index (χ0n) is 11.2. The molecule has 106 valence electrons. The van der Waals surface area contributed by atoms with Gasteiger partial charge in [0.2, 0.25) is 0 Å². The first-order chi connectivity index (χ1) is 10.2. The third kappa shape index (κ3) is 2.51. The zero-order chi connectivity index (χ0) is 14.8. The molecule has 6 nitrogen and oxygen atoms in total. The Morgan fingerprint density at radius 3 is 3.05 bits per heavy atom. The van der Waals surface area contributed by atoms with E-state index in [0.29, 0.717) is 24.5 Å². The van der Waals surface area contributed by atoms with E-state index in [1.165, 1.54) is 0 Å². The largest absolute Gasteiger partial charge is 0.479 e. The topological polar surface area (TPSA) is 86.5 Å². The van der Waals surface area contributed by atoms with Crippen LogP contribution in [-0.2, 0) is 9.53 Å². The van der Waals surface area contributed by atoms with Crippen LogP contribution >= 0.6 is 0 Å². The average Bonchev–Trinajstić information content (AvgIpc) is 2.53. The lowest BCUT2D eigenvalue weighted by atomic mass is 10.1. The van der Waals surface area contributed by atoms with Gasteiger partial charge in [-0.1, -0.05) is 18.2 Å². The number of rotatable bonds is 2. The van der Waals surface area contributed by atoms with Gasteiger partial charge in [0.25, 0.3) is 0 Å². The molecule has 2 aromatic rings. The van der Waals surface area contributed by atoms with Gasteiger partial charge in [-0.15, -0.1) is 0 Å². The summed E-state index contributed by atoms with van der Waals surface area (Å²) in [6, 6.07) is 11.3. The highest BCUT2D eigenvalue weighted by Crippen LogP contribution is 2.23. The molecule has 1 atom stereocenters. The first kappa shape index (κ1) is 13.3. The van der Waals surface area contributed by atoms with Crippen molar-refractivity contribution in [1.82, 2.24) is 4.98 Å². The molecule has 6 heteroatoms. The second-order valence-electron chi connectivity index (χ2n) is 4.80. The second kappa shape index (κ2) is 5.38. The molecule has 0 bridgehead atoms. The monoisotopic (exact) mass is 283 g/mol. The summed E-state index contributed by atoms with van der Waals surface area (Å²) in [5.41, 5.74) is 1.26. The number of aromatic nitrogens is 1. The molecule has 0 aliphatic carbocycles. The van der Waals surface area contributed by atoms with Gasteiger partial charge in [0.1, 0.15) is 5.82 Å². The van der Waals surface area contributed by atoms with E-state index < -0.39 is 12.1 Å². The molecule has 1 unspecified atom stereocenters. The van der Waals surface area contributed by atoms with Gasteiger partial charge >= 0.3 is 5.97 Å². The van der Waals surface area contributed by atoms with Crippen molar-refractivity contribution in [3.63, 3.8) is 0 Å².